The summed E-state index contributed by atoms with van der Waals surface area (Å²) in [4.78, 5) is 11.0. The van der Waals surface area contributed by atoms with E-state index in [0.29, 0.717) is 0 Å². The van der Waals surface area contributed by atoms with E-state index in [4.69, 9.17) is 5.11 Å². The van der Waals surface area contributed by atoms with Gasteiger partial charge in [-0.3, -0.25) is 4.79 Å². The molecule has 0 aliphatic carbocycles. The number of carboxylic acids is 1. The Kier molecular flexibility index (Phi) is 3.42. The van der Waals surface area contributed by atoms with Crippen LogP contribution in [0, 0.1) is 17.0 Å². The van der Waals surface area contributed by atoms with Crippen LogP contribution >= 0.6 is 0 Å². The van der Waals surface area contributed by atoms with Gasteiger partial charge in [0.15, 0.2) is 0 Å². The van der Waals surface area contributed by atoms with Gasteiger partial charge in [-0.05, 0) is 25.5 Å². The lowest BCUT2D eigenvalue weighted by Crippen LogP contribution is -2.28. The van der Waals surface area contributed by atoms with Crippen LogP contribution in [0.5, 0.6) is 0 Å². The van der Waals surface area contributed by atoms with Gasteiger partial charge in [0.1, 0.15) is 11.6 Å². The lowest BCUT2D eigenvalue weighted by molar-refractivity contribution is -0.145. The molecule has 1 rings (SSSR count). The van der Waals surface area contributed by atoms with E-state index in [1.165, 1.54) is 19.1 Å². The topological polar surface area (TPSA) is 37.3 Å². The number of hydrogen-bond donors (Lipinski definition) is 1. The van der Waals surface area contributed by atoms with E-state index in [9.17, 15) is 13.6 Å². The van der Waals surface area contributed by atoms with Gasteiger partial charge in [0, 0.05) is 5.56 Å². The van der Waals surface area contributed by atoms with Gasteiger partial charge < -0.3 is 5.11 Å². The first kappa shape index (κ1) is 12.4. The summed E-state index contributed by atoms with van der Waals surface area (Å²) in [6.07, 6.45) is 0.922. The van der Waals surface area contributed by atoms with Crippen LogP contribution in [0.15, 0.2) is 30.9 Å². The SMILES string of the molecule is C=CC(C)(Cc1c(F)cccc1F)C(=O)O. The van der Waals surface area contributed by atoms with E-state index in [1.54, 1.807) is 0 Å². The molecule has 0 heterocycles. The van der Waals surface area contributed by atoms with Crippen molar-refractivity contribution in [1.29, 1.82) is 0 Å². The molecule has 1 N–H and O–H groups in total. The van der Waals surface area contributed by atoms with Crippen LogP contribution in [0.3, 0.4) is 0 Å². The Balaban J connectivity index is 3.13. The highest BCUT2D eigenvalue weighted by Gasteiger charge is 2.31. The van der Waals surface area contributed by atoms with Gasteiger partial charge >= 0.3 is 5.97 Å². The molecule has 0 fully saturated rings. The Morgan fingerprint density at radius 2 is 2.00 bits per heavy atom. The van der Waals surface area contributed by atoms with Crippen LogP contribution in [0.25, 0.3) is 0 Å². The second-order valence-corrected chi connectivity index (χ2v) is 3.80. The van der Waals surface area contributed by atoms with Crippen molar-refractivity contribution in [2.45, 2.75) is 13.3 Å². The summed E-state index contributed by atoms with van der Waals surface area (Å²) >= 11 is 0. The van der Waals surface area contributed by atoms with E-state index in [-0.39, 0.29) is 12.0 Å². The molecule has 0 amide bonds. The second kappa shape index (κ2) is 4.43. The maximum Gasteiger partial charge on any atom is 0.313 e. The second-order valence-electron chi connectivity index (χ2n) is 3.80. The molecule has 0 aliphatic heterocycles. The van der Waals surface area contributed by atoms with E-state index in [2.05, 4.69) is 6.58 Å². The molecule has 1 atom stereocenters. The monoisotopic (exact) mass is 226 g/mol. The zero-order valence-corrected chi connectivity index (χ0v) is 8.84. The van der Waals surface area contributed by atoms with Gasteiger partial charge in [-0.1, -0.05) is 12.1 Å². The van der Waals surface area contributed by atoms with Crippen LogP contribution in [0.2, 0.25) is 0 Å². The summed E-state index contributed by atoms with van der Waals surface area (Å²) in [5.41, 5.74) is -1.60. The fraction of sp³-hybridized carbons (Fsp3) is 0.250. The van der Waals surface area contributed by atoms with Crippen LogP contribution in [0.4, 0.5) is 8.78 Å². The van der Waals surface area contributed by atoms with E-state index < -0.39 is 23.0 Å². The van der Waals surface area contributed by atoms with Crippen LogP contribution < -0.4 is 0 Å². The molecule has 0 aromatic heterocycles. The minimum absolute atomic E-state index is 0.229. The standard InChI is InChI=1S/C12H12F2O2/c1-3-12(2,11(15)16)7-8-9(13)5-4-6-10(8)14/h3-6H,1,7H2,2H3,(H,15,16). The highest BCUT2D eigenvalue weighted by molar-refractivity contribution is 5.76. The molecular weight excluding hydrogens is 214 g/mol. The summed E-state index contributed by atoms with van der Waals surface area (Å²) in [6, 6.07) is 3.44. The number of carboxylic acid groups (broad SMARTS) is 1. The molecular formula is C12H12F2O2. The third kappa shape index (κ3) is 2.27. The molecule has 0 bridgehead atoms. The van der Waals surface area contributed by atoms with Crippen molar-refractivity contribution in [2.24, 2.45) is 5.41 Å². The summed E-state index contributed by atoms with van der Waals surface area (Å²) < 4.78 is 26.6. The third-order valence-electron chi connectivity index (χ3n) is 2.54. The number of carbonyl (C=O) groups is 1. The molecule has 2 nitrogen and oxygen atoms in total. The quantitative estimate of drug-likeness (QED) is 0.801. The van der Waals surface area contributed by atoms with Gasteiger partial charge in [-0.15, -0.1) is 6.58 Å². The molecule has 4 heteroatoms. The maximum absolute atomic E-state index is 13.3. The fourth-order valence-corrected chi connectivity index (χ4v) is 1.30. The average molecular weight is 226 g/mol. The van der Waals surface area contributed by atoms with Crippen molar-refractivity contribution in [3.05, 3.63) is 48.1 Å². The molecule has 16 heavy (non-hydrogen) atoms. The fourth-order valence-electron chi connectivity index (χ4n) is 1.30. The molecule has 0 aliphatic rings. The molecule has 1 unspecified atom stereocenters. The van der Waals surface area contributed by atoms with Gasteiger partial charge in [-0.2, -0.15) is 0 Å². The summed E-state index contributed by atoms with van der Waals surface area (Å²) in [6.45, 7) is 4.75. The van der Waals surface area contributed by atoms with Gasteiger partial charge in [0.05, 0.1) is 5.41 Å². The van der Waals surface area contributed by atoms with Crippen molar-refractivity contribution in [1.82, 2.24) is 0 Å². The summed E-state index contributed by atoms with van der Waals surface area (Å²) in [7, 11) is 0. The molecule has 1 aromatic carbocycles. The smallest absolute Gasteiger partial charge is 0.313 e. The minimum Gasteiger partial charge on any atom is -0.481 e. The number of hydrogen-bond acceptors (Lipinski definition) is 1. The van der Waals surface area contributed by atoms with Gasteiger partial charge in [0.2, 0.25) is 0 Å². The lowest BCUT2D eigenvalue weighted by atomic mass is 9.83. The predicted molar refractivity (Wildman–Crippen MR) is 56.0 cm³/mol. The van der Waals surface area contributed by atoms with Crippen LogP contribution in [-0.4, -0.2) is 11.1 Å². The number of benzene rings is 1. The zero-order chi connectivity index (χ0) is 12.3. The van der Waals surface area contributed by atoms with Crippen molar-refractivity contribution in [2.75, 3.05) is 0 Å². The van der Waals surface area contributed by atoms with Gasteiger partial charge in [0.25, 0.3) is 0 Å². The summed E-state index contributed by atoms with van der Waals surface area (Å²) in [5, 5.41) is 8.96. The highest BCUT2D eigenvalue weighted by Crippen LogP contribution is 2.27. The van der Waals surface area contributed by atoms with Crippen molar-refractivity contribution >= 4 is 5.97 Å². The molecule has 0 spiro atoms. The minimum atomic E-state index is -1.37. The molecule has 86 valence electrons. The van der Waals surface area contributed by atoms with Crippen LogP contribution in [-0.2, 0) is 11.2 Å². The van der Waals surface area contributed by atoms with Crippen LogP contribution in [0.1, 0.15) is 12.5 Å². The molecule has 0 saturated carbocycles. The molecule has 1 aromatic rings. The Labute approximate surface area is 92.2 Å². The Morgan fingerprint density at radius 3 is 2.38 bits per heavy atom. The normalized spacial score (nSPS) is 14.2. The first-order chi connectivity index (χ1) is 7.40. The number of halogens is 2. The Morgan fingerprint density at radius 1 is 1.50 bits per heavy atom. The largest absolute Gasteiger partial charge is 0.481 e. The van der Waals surface area contributed by atoms with E-state index in [1.807, 2.05) is 0 Å². The van der Waals surface area contributed by atoms with E-state index in [0.717, 1.165) is 12.1 Å². The lowest BCUT2D eigenvalue weighted by Gasteiger charge is -2.20. The Bertz CT molecular complexity index is 409. The number of aliphatic carboxylic acids is 1. The molecule has 0 saturated heterocycles. The third-order valence-corrected chi connectivity index (χ3v) is 2.54. The van der Waals surface area contributed by atoms with Gasteiger partial charge in [-0.25, -0.2) is 8.78 Å². The first-order valence-corrected chi connectivity index (χ1v) is 4.70. The van der Waals surface area contributed by atoms with Crippen molar-refractivity contribution < 1.29 is 18.7 Å². The first-order valence-electron chi connectivity index (χ1n) is 4.70. The number of rotatable bonds is 4. The Hall–Kier alpha value is -1.71. The average Bonchev–Trinajstić information content (AvgIpc) is 2.23. The zero-order valence-electron chi connectivity index (χ0n) is 8.84. The van der Waals surface area contributed by atoms with E-state index >= 15 is 0 Å². The maximum atomic E-state index is 13.3. The molecule has 0 radical (unpaired) electrons. The summed E-state index contributed by atoms with van der Waals surface area (Å²) in [5.74, 6) is -2.64. The predicted octanol–water partition coefficient (Wildman–Crippen LogP) is 2.78. The highest BCUT2D eigenvalue weighted by atomic mass is 19.1. The van der Waals surface area contributed by atoms with Crippen molar-refractivity contribution in [3.63, 3.8) is 0 Å². The van der Waals surface area contributed by atoms with Crippen molar-refractivity contribution in [3.8, 4) is 0 Å².